The number of hydrogen-bond acceptors (Lipinski definition) is 3. The van der Waals surface area contributed by atoms with Gasteiger partial charge in [-0.1, -0.05) is 24.3 Å². The number of benzene rings is 1. The summed E-state index contributed by atoms with van der Waals surface area (Å²) in [6.45, 7) is 1.23. The molecule has 1 unspecified atom stereocenters. The van der Waals surface area contributed by atoms with Crippen LogP contribution in [0.3, 0.4) is 0 Å². The maximum Gasteiger partial charge on any atom is 0.220 e. The molecule has 0 saturated carbocycles. The fraction of sp³-hybridized carbons (Fsp3) is 0.562. The number of hydrogen-bond donors (Lipinski definition) is 1. The first-order chi connectivity index (χ1) is 10.2. The fourth-order valence-electron chi connectivity index (χ4n) is 3.04. The Hall–Kier alpha value is -1.10. The minimum atomic E-state index is -0.646. The molecular weight excluding hydrogens is 290 g/mol. The standard InChI is InChI=1S/C16H20ClNO3/c17-9-1-8-16(20-10-11-21-16)13-4-2-12(3-5-13)14-6-7-15(19)18-14/h2-5,14H,1,6-11H2,(H,18,19). The molecule has 3 rings (SSSR count). The molecule has 2 aliphatic rings. The van der Waals surface area contributed by atoms with E-state index in [-0.39, 0.29) is 11.9 Å². The number of carbonyl (C=O) groups excluding carboxylic acids is 1. The van der Waals surface area contributed by atoms with E-state index in [0.29, 0.717) is 25.5 Å². The first-order valence-corrected chi connectivity index (χ1v) is 8.01. The van der Waals surface area contributed by atoms with Crippen LogP contribution in [0.25, 0.3) is 0 Å². The highest BCUT2D eigenvalue weighted by Gasteiger charge is 2.38. The predicted octanol–water partition coefficient (Wildman–Crippen LogP) is 2.86. The normalized spacial score (nSPS) is 24.2. The number of halogens is 1. The van der Waals surface area contributed by atoms with Crippen LogP contribution in [-0.2, 0) is 20.1 Å². The van der Waals surface area contributed by atoms with Crippen LogP contribution in [0.15, 0.2) is 24.3 Å². The van der Waals surface area contributed by atoms with Gasteiger partial charge in [-0.3, -0.25) is 4.79 Å². The van der Waals surface area contributed by atoms with E-state index >= 15 is 0 Å². The zero-order valence-electron chi connectivity index (χ0n) is 11.9. The lowest BCUT2D eigenvalue weighted by atomic mass is 9.97. The van der Waals surface area contributed by atoms with Gasteiger partial charge in [0.15, 0.2) is 5.79 Å². The van der Waals surface area contributed by atoms with E-state index in [4.69, 9.17) is 21.1 Å². The van der Waals surface area contributed by atoms with E-state index in [0.717, 1.165) is 30.4 Å². The first-order valence-electron chi connectivity index (χ1n) is 7.47. The number of ether oxygens (including phenoxy) is 2. The summed E-state index contributed by atoms with van der Waals surface area (Å²) in [4.78, 5) is 11.3. The zero-order chi connectivity index (χ0) is 14.7. The summed E-state index contributed by atoms with van der Waals surface area (Å²) in [7, 11) is 0. The molecule has 0 spiro atoms. The maximum absolute atomic E-state index is 11.3. The summed E-state index contributed by atoms with van der Waals surface area (Å²) in [5.41, 5.74) is 2.16. The number of rotatable bonds is 5. The molecule has 1 atom stereocenters. The molecule has 5 heteroatoms. The second-order valence-electron chi connectivity index (χ2n) is 5.52. The van der Waals surface area contributed by atoms with Gasteiger partial charge in [0, 0.05) is 24.3 Å². The van der Waals surface area contributed by atoms with Crippen LogP contribution >= 0.6 is 11.6 Å². The molecule has 0 radical (unpaired) electrons. The third kappa shape index (κ3) is 3.07. The lowest BCUT2D eigenvalue weighted by Gasteiger charge is -2.28. The third-order valence-electron chi connectivity index (χ3n) is 4.14. The minimum absolute atomic E-state index is 0.130. The quantitative estimate of drug-likeness (QED) is 0.851. The second kappa shape index (κ2) is 6.34. The maximum atomic E-state index is 11.3. The molecule has 21 heavy (non-hydrogen) atoms. The highest BCUT2D eigenvalue weighted by atomic mass is 35.5. The van der Waals surface area contributed by atoms with Crippen molar-refractivity contribution in [3.8, 4) is 0 Å². The molecule has 1 aromatic carbocycles. The molecule has 2 aliphatic heterocycles. The number of alkyl halides is 1. The topological polar surface area (TPSA) is 47.6 Å². The van der Waals surface area contributed by atoms with Gasteiger partial charge in [-0.2, -0.15) is 0 Å². The SMILES string of the molecule is O=C1CCC(c2ccc(C3(CCCCl)OCCO3)cc2)N1. The Kier molecular flexibility index (Phi) is 4.48. The smallest absolute Gasteiger partial charge is 0.220 e. The van der Waals surface area contributed by atoms with Gasteiger partial charge >= 0.3 is 0 Å². The summed E-state index contributed by atoms with van der Waals surface area (Å²) < 4.78 is 11.7. The molecule has 114 valence electrons. The van der Waals surface area contributed by atoms with Gasteiger partial charge in [-0.25, -0.2) is 0 Å². The predicted molar refractivity (Wildman–Crippen MR) is 80.1 cm³/mol. The van der Waals surface area contributed by atoms with E-state index in [9.17, 15) is 4.79 Å². The Bertz CT molecular complexity index is 497. The Morgan fingerprint density at radius 2 is 1.95 bits per heavy atom. The van der Waals surface area contributed by atoms with Gasteiger partial charge in [-0.15, -0.1) is 11.6 Å². The van der Waals surface area contributed by atoms with Crippen molar-refractivity contribution < 1.29 is 14.3 Å². The van der Waals surface area contributed by atoms with Crippen molar-refractivity contribution in [1.82, 2.24) is 5.32 Å². The molecule has 0 aliphatic carbocycles. The van der Waals surface area contributed by atoms with Crippen LogP contribution in [-0.4, -0.2) is 25.0 Å². The van der Waals surface area contributed by atoms with Crippen molar-refractivity contribution in [2.24, 2.45) is 0 Å². The van der Waals surface area contributed by atoms with E-state index in [2.05, 4.69) is 17.4 Å². The molecule has 1 amide bonds. The van der Waals surface area contributed by atoms with Crippen molar-refractivity contribution in [1.29, 1.82) is 0 Å². The lowest BCUT2D eigenvalue weighted by molar-refractivity contribution is -0.170. The summed E-state index contributed by atoms with van der Waals surface area (Å²) in [6.07, 6.45) is 3.08. The molecule has 2 fully saturated rings. The van der Waals surface area contributed by atoms with Gasteiger partial charge in [-0.05, 0) is 18.4 Å². The summed E-state index contributed by atoms with van der Waals surface area (Å²) in [6, 6.07) is 8.33. The van der Waals surface area contributed by atoms with E-state index in [1.54, 1.807) is 0 Å². The molecule has 0 bridgehead atoms. The molecule has 0 aromatic heterocycles. The van der Waals surface area contributed by atoms with E-state index in [1.807, 2.05) is 12.1 Å². The third-order valence-corrected chi connectivity index (χ3v) is 4.41. The van der Waals surface area contributed by atoms with Crippen LogP contribution in [0, 0.1) is 0 Å². The molecule has 1 aromatic rings. The van der Waals surface area contributed by atoms with Gasteiger partial charge in [0.1, 0.15) is 0 Å². The molecule has 2 heterocycles. The number of carbonyl (C=O) groups is 1. The fourth-order valence-corrected chi connectivity index (χ4v) is 3.18. The number of amides is 1. The second-order valence-corrected chi connectivity index (χ2v) is 5.90. The Balaban J connectivity index is 1.77. The monoisotopic (exact) mass is 309 g/mol. The van der Waals surface area contributed by atoms with E-state index < -0.39 is 5.79 Å². The largest absolute Gasteiger partial charge is 0.349 e. The van der Waals surface area contributed by atoms with Crippen molar-refractivity contribution in [3.63, 3.8) is 0 Å². The average molecular weight is 310 g/mol. The van der Waals surface area contributed by atoms with Gasteiger partial charge in [0.2, 0.25) is 5.91 Å². The minimum Gasteiger partial charge on any atom is -0.349 e. The van der Waals surface area contributed by atoms with Gasteiger partial charge in [0.25, 0.3) is 0 Å². The van der Waals surface area contributed by atoms with Gasteiger partial charge in [0.05, 0.1) is 19.3 Å². The lowest BCUT2D eigenvalue weighted by Crippen LogP contribution is -2.27. The Morgan fingerprint density at radius 3 is 2.52 bits per heavy atom. The van der Waals surface area contributed by atoms with Crippen LogP contribution in [0.4, 0.5) is 0 Å². The molecule has 2 saturated heterocycles. The Morgan fingerprint density at radius 1 is 1.24 bits per heavy atom. The molecular formula is C16H20ClNO3. The summed E-state index contributed by atoms with van der Waals surface area (Å²) >= 11 is 5.80. The summed E-state index contributed by atoms with van der Waals surface area (Å²) in [5, 5.41) is 2.98. The molecule has 1 N–H and O–H groups in total. The first kappa shape index (κ1) is 14.8. The van der Waals surface area contributed by atoms with Crippen molar-refractivity contribution >= 4 is 17.5 Å². The van der Waals surface area contributed by atoms with E-state index in [1.165, 1.54) is 0 Å². The Labute approximate surface area is 129 Å². The zero-order valence-corrected chi connectivity index (χ0v) is 12.7. The average Bonchev–Trinajstić information content (AvgIpc) is 3.15. The molecule has 4 nitrogen and oxygen atoms in total. The highest BCUT2D eigenvalue weighted by molar-refractivity contribution is 6.17. The van der Waals surface area contributed by atoms with Crippen LogP contribution in [0.5, 0.6) is 0 Å². The van der Waals surface area contributed by atoms with Crippen LogP contribution in [0.1, 0.15) is 42.9 Å². The van der Waals surface area contributed by atoms with Crippen molar-refractivity contribution in [2.45, 2.75) is 37.5 Å². The highest BCUT2D eigenvalue weighted by Crippen LogP contribution is 2.37. The van der Waals surface area contributed by atoms with Crippen LogP contribution < -0.4 is 5.32 Å². The van der Waals surface area contributed by atoms with Crippen molar-refractivity contribution in [3.05, 3.63) is 35.4 Å². The van der Waals surface area contributed by atoms with Gasteiger partial charge < -0.3 is 14.8 Å². The number of nitrogens with one attached hydrogen (secondary N) is 1. The summed E-state index contributed by atoms with van der Waals surface area (Å²) in [5.74, 6) is 0.0811. The van der Waals surface area contributed by atoms with Crippen LogP contribution in [0.2, 0.25) is 0 Å². The van der Waals surface area contributed by atoms with Crippen molar-refractivity contribution in [2.75, 3.05) is 19.1 Å².